The molecule has 0 aromatic heterocycles. The number of nitrogens with zero attached hydrogens (tertiary/aromatic N) is 6. The molecule has 8 rings (SSSR count). The third-order valence-corrected chi connectivity index (χ3v) is 14.3. The van der Waals surface area contributed by atoms with Crippen LogP contribution in [0.1, 0.15) is 102 Å². The second kappa shape index (κ2) is 20.4. The van der Waals surface area contributed by atoms with E-state index in [0.717, 1.165) is 105 Å². The summed E-state index contributed by atoms with van der Waals surface area (Å²) in [4.78, 5) is 77.6. The number of hydrogen-bond donors (Lipinski definition) is 4. The van der Waals surface area contributed by atoms with Crippen LogP contribution in [-0.4, -0.2) is 146 Å². The zero-order chi connectivity index (χ0) is 46.6. The van der Waals surface area contributed by atoms with Crippen LogP contribution in [0.5, 0.6) is 5.75 Å². The lowest BCUT2D eigenvalue weighted by molar-refractivity contribution is -0.407. The Hall–Kier alpha value is -5.72. The van der Waals surface area contributed by atoms with Crippen LogP contribution < -0.4 is 31.7 Å². The van der Waals surface area contributed by atoms with Crippen LogP contribution in [0.15, 0.2) is 52.8 Å². The number of anilines is 1. The van der Waals surface area contributed by atoms with Gasteiger partial charge in [-0.15, -0.1) is 0 Å². The van der Waals surface area contributed by atoms with Crippen molar-refractivity contribution in [2.75, 3.05) is 77.5 Å². The number of nitrogens with one attached hydrogen (secondary N) is 2. The van der Waals surface area contributed by atoms with Gasteiger partial charge in [0.1, 0.15) is 11.8 Å². The zero-order valence-electron chi connectivity index (χ0n) is 38.0. The van der Waals surface area contributed by atoms with Crippen molar-refractivity contribution in [1.82, 2.24) is 30.2 Å². The van der Waals surface area contributed by atoms with Crippen molar-refractivity contribution in [3.05, 3.63) is 75.6 Å². The van der Waals surface area contributed by atoms with Gasteiger partial charge in [-0.25, -0.2) is 8.78 Å². The Morgan fingerprint density at radius 3 is 2.36 bits per heavy atom. The van der Waals surface area contributed by atoms with E-state index >= 15 is 0 Å². The Labute approximate surface area is 384 Å². The number of likely N-dealkylation sites (tertiary alicyclic amines) is 2. The Morgan fingerprint density at radius 1 is 0.970 bits per heavy atom. The van der Waals surface area contributed by atoms with Crippen LogP contribution in [0.25, 0.3) is 5.57 Å². The summed E-state index contributed by atoms with van der Waals surface area (Å²) < 4.78 is 35.4. The van der Waals surface area contributed by atoms with Gasteiger partial charge >= 0.3 is 0 Å². The standard InChI is InChI=1S/C48H62F2N10O6/c1-29(61)58-20-14-38(37(27-58)45(52)59-15-4-5-31-23-35(32(25-51)26-53-2)36(44(49)50)24-40(31)59)54-33-12-18-57(19-13-33)22-21-56-16-10-30(11-17-56)28-66-41-7-3-6-34-43(41)48(65)60(47(34)64)39-8-9-42(62)55-46(39)63/h3,6-7,23-26,30,33,39,44-45,54H,4-5,8-22,27-28,51-52H2,1-2H3,(H,55,62,63)/p+1/b32-25+,53-26?. The molecule has 16 nitrogen and oxygen atoms in total. The minimum atomic E-state index is -2.71. The Balaban J connectivity index is 0.829. The SMILES string of the molecule is CN=C/C(=C\N)c1cc2c(cc1C(F)F)N(C([NH3+])C1=C(NC3CCN(CCN4CCC(COc5cccc6c5C(=O)N(C5CCC(=O)NC5=O)C6=O)CC4)CC3)CCN(C(C)=O)C1)CCC2. The van der Waals surface area contributed by atoms with E-state index in [-0.39, 0.29) is 53.6 Å². The van der Waals surface area contributed by atoms with Gasteiger partial charge in [0, 0.05) is 113 Å². The minimum Gasteiger partial charge on any atom is -0.492 e. The molecule has 6 heterocycles. The number of quaternary nitrogens is 1. The molecule has 5 amide bonds. The van der Waals surface area contributed by atoms with E-state index in [1.54, 1.807) is 38.2 Å². The van der Waals surface area contributed by atoms with Crippen LogP contribution in [0.4, 0.5) is 14.5 Å². The van der Waals surface area contributed by atoms with Crippen LogP contribution in [0.2, 0.25) is 0 Å². The fraction of sp³-hybridized carbons (Fsp3) is 0.542. The Bertz CT molecular complexity index is 2300. The summed E-state index contributed by atoms with van der Waals surface area (Å²) in [5.74, 6) is -1.54. The van der Waals surface area contributed by atoms with Crippen molar-refractivity contribution in [2.24, 2.45) is 16.6 Å². The molecule has 2 aromatic rings. The number of halogens is 2. The number of fused-ring (bicyclic) bond motifs is 2. The van der Waals surface area contributed by atoms with Crippen molar-refractivity contribution in [2.45, 2.75) is 89.4 Å². The molecule has 6 aliphatic rings. The maximum atomic E-state index is 14.6. The van der Waals surface area contributed by atoms with E-state index < -0.39 is 36.1 Å². The summed E-state index contributed by atoms with van der Waals surface area (Å²) in [6, 6.07) is 7.61. The predicted molar refractivity (Wildman–Crippen MR) is 245 cm³/mol. The minimum absolute atomic E-state index is 0.0000660. The number of carbonyl (C=O) groups excluding carboxylic acids is 5. The average Bonchev–Trinajstić information content (AvgIpc) is 3.57. The number of allylic oxidation sites excluding steroid dienone is 1. The lowest BCUT2D eigenvalue weighted by atomic mass is 9.91. The number of nitrogens with two attached hydrogens (primary N) is 1. The van der Waals surface area contributed by atoms with Crippen LogP contribution in [-0.2, 0) is 20.8 Å². The third-order valence-electron chi connectivity index (χ3n) is 14.3. The molecule has 0 radical (unpaired) electrons. The van der Waals surface area contributed by atoms with E-state index in [0.29, 0.717) is 49.5 Å². The largest absolute Gasteiger partial charge is 0.492 e. The van der Waals surface area contributed by atoms with E-state index in [4.69, 9.17) is 10.5 Å². The fourth-order valence-corrected chi connectivity index (χ4v) is 10.5. The van der Waals surface area contributed by atoms with Crippen molar-refractivity contribution < 1.29 is 43.2 Å². The summed E-state index contributed by atoms with van der Waals surface area (Å²) in [6.07, 6.45) is 6.01. The number of imide groups is 2. The van der Waals surface area contributed by atoms with E-state index in [9.17, 15) is 32.8 Å². The fourth-order valence-electron chi connectivity index (χ4n) is 10.5. The van der Waals surface area contributed by atoms with Crippen LogP contribution in [0, 0.1) is 5.92 Å². The number of carbonyl (C=O) groups is 5. The molecule has 354 valence electrons. The van der Waals surface area contributed by atoms with Gasteiger partial charge in [0.2, 0.25) is 17.7 Å². The smallest absolute Gasteiger partial charge is 0.266 e. The maximum absolute atomic E-state index is 14.6. The monoisotopic (exact) mass is 913 g/mol. The van der Waals surface area contributed by atoms with Crippen LogP contribution in [0.3, 0.4) is 0 Å². The molecule has 18 heteroatoms. The maximum Gasteiger partial charge on any atom is 0.266 e. The predicted octanol–water partition coefficient (Wildman–Crippen LogP) is 2.70. The van der Waals surface area contributed by atoms with E-state index in [2.05, 4.69) is 36.1 Å². The summed E-state index contributed by atoms with van der Waals surface area (Å²) in [5, 5.41) is 6.12. The van der Waals surface area contributed by atoms with Gasteiger partial charge in [-0.1, -0.05) is 6.07 Å². The first-order valence-corrected chi connectivity index (χ1v) is 23.4. The highest BCUT2D eigenvalue weighted by Gasteiger charge is 2.46. The van der Waals surface area contributed by atoms with Crippen molar-refractivity contribution in [3.8, 4) is 5.75 Å². The number of alkyl halides is 2. The first kappa shape index (κ1) is 46.8. The van der Waals surface area contributed by atoms with Gasteiger partial charge in [-0.3, -0.25) is 39.2 Å². The van der Waals surface area contributed by atoms with Gasteiger partial charge < -0.3 is 41.1 Å². The quantitative estimate of drug-likeness (QED) is 0.161. The number of rotatable bonds is 14. The van der Waals surface area contributed by atoms with E-state index in [1.165, 1.54) is 12.4 Å². The number of ether oxygens (including phenoxy) is 1. The molecule has 2 aromatic carbocycles. The van der Waals surface area contributed by atoms with Crippen molar-refractivity contribution in [3.63, 3.8) is 0 Å². The number of amides is 5. The lowest BCUT2D eigenvalue weighted by Gasteiger charge is -2.41. The Morgan fingerprint density at radius 2 is 1.70 bits per heavy atom. The highest BCUT2D eigenvalue weighted by Crippen LogP contribution is 2.39. The van der Waals surface area contributed by atoms with Crippen LogP contribution >= 0.6 is 0 Å². The number of aryl methyl sites for hydroxylation is 1. The molecule has 3 saturated heterocycles. The van der Waals surface area contributed by atoms with Crippen molar-refractivity contribution in [1.29, 1.82) is 0 Å². The van der Waals surface area contributed by atoms with Gasteiger partial charge in [0.15, 0.2) is 6.17 Å². The molecule has 66 heavy (non-hydrogen) atoms. The summed E-state index contributed by atoms with van der Waals surface area (Å²) in [5.41, 5.74) is 15.5. The molecular weight excluding hydrogens is 851 g/mol. The summed E-state index contributed by atoms with van der Waals surface area (Å²) in [7, 11) is 1.59. The summed E-state index contributed by atoms with van der Waals surface area (Å²) >= 11 is 0. The molecule has 3 fully saturated rings. The molecule has 0 spiro atoms. The average molecular weight is 914 g/mol. The van der Waals surface area contributed by atoms with Crippen molar-refractivity contribution >= 4 is 47.0 Å². The van der Waals surface area contributed by atoms with Gasteiger partial charge in [0.25, 0.3) is 18.2 Å². The first-order valence-electron chi connectivity index (χ1n) is 23.4. The van der Waals surface area contributed by atoms with Gasteiger partial charge in [-0.05, 0) is 99.3 Å². The molecule has 6 aliphatic heterocycles. The van der Waals surface area contributed by atoms with Gasteiger partial charge in [0.05, 0.1) is 24.3 Å². The molecule has 7 N–H and O–H groups in total. The number of piperidine rings is 3. The molecule has 0 bridgehead atoms. The number of benzene rings is 2. The second-order valence-electron chi connectivity index (χ2n) is 18.4. The third kappa shape index (κ3) is 9.86. The first-order chi connectivity index (χ1) is 31.8. The summed E-state index contributed by atoms with van der Waals surface area (Å²) in [6.45, 7) is 9.44. The van der Waals surface area contributed by atoms with E-state index in [1.807, 2.05) is 11.0 Å². The lowest BCUT2D eigenvalue weighted by Crippen LogP contribution is -2.72. The molecule has 0 saturated carbocycles. The molecule has 2 unspecified atom stereocenters. The molecule has 2 atom stereocenters. The molecular formula is C48H63F2N10O6+. The second-order valence-corrected chi connectivity index (χ2v) is 18.4. The number of aliphatic imine (C=N–C) groups is 1. The highest BCUT2D eigenvalue weighted by molar-refractivity contribution is 6.24. The highest BCUT2D eigenvalue weighted by atomic mass is 19.3. The number of hydrogen-bond acceptors (Lipinski definition) is 12. The normalized spacial score (nSPS) is 22.4. The molecule has 0 aliphatic carbocycles. The topological polar surface area (TPSA) is 201 Å². The zero-order valence-corrected chi connectivity index (χ0v) is 38.0. The van der Waals surface area contributed by atoms with Gasteiger partial charge in [-0.2, -0.15) is 0 Å². The Kier molecular flexibility index (Phi) is 14.5.